The summed E-state index contributed by atoms with van der Waals surface area (Å²) >= 11 is 0. The van der Waals surface area contributed by atoms with Crippen LogP contribution in [0.4, 0.5) is 0 Å². The summed E-state index contributed by atoms with van der Waals surface area (Å²) in [5.74, 6) is 0. The summed E-state index contributed by atoms with van der Waals surface area (Å²) in [6.07, 6.45) is 6.96. The predicted molar refractivity (Wildman–Crippen MR) is 110 cm³/mol. The second-order valence-corrected chi connectivity index (χ2v) is 8.15. The number of benzene rings is 2. The van der Waals surface area contributed by atoms with E-state index in [2.05, 4.69) is 90.1 Å². The summed E-state index contributed by atoms with van der Waals surface area (Å²) < 4.78 is 0. The van der Waals surface area contributed by atoms with Gasteiger partial charge in [0.25, 0.3) is 0 Å². The molecule has 1 aliphatic carbocycles. The third-order valence-corrected chi connectivity index (χ3v) is 5.39. The molecular weight excluding hydrogens is 300 g/mol. The molecule has 0 heterocycles. The van der Waals surface area contributed by atoms with Crippen LogP contribution in [0.25, 0.3) is 11.1 Å². The van der Waals surface area contributed by atoms with E-state index in [1.54, 1.807) is 0 Å². The first-order valence-electron chi connectivity index (χ1n) is 9.33. The lowest BCUT2D eigenvalue weighted by atomic mass is 9.71. The highest BCUT2D eigenvalue weighted by molar-refractivity contribution is 5.82. The lowest BCUT2D eigenvalue weighted by molar-refractivity contribution is 0.538. The molecule has 0 saturated carbocycles. The van der Waals surface area contributed by atoms with E-state index in [9.17, 15) is 0 Å². The first kappa shape index (κ1) is 17.7. The van der Waals surface area contributed by atoms with Gasteiger partial charge in [0.05, 0.1) is 0 Å². The number of rotatable bonds is 4. The normalized spacial score (nSPS) is 13.8. The molecule has 0 amide bonds. The maximum absolute atomic E-state index is 2.42. The summed E-state index contributed by atoms with van der Waals surface area (Å²) in [6.45, 7) is 13.2. The molecule has 0 radical (unpaired) electrons. The van der Waals surface area contributed by atoms with E-state index >= 15 is 0 Å². The summed E-state index contributed by atoms with van der Waals surface area (Å²) in [7, 11) is 0. The number of hydrogen-bond acceptors (Lipinski definition) is 0. The van der Waals surface area contributed by atoms with Crippen molar-refractivity contribution in [3.63, 3.8) is 0 Å². The van der Waals surface area contributed by atoms with E-state index in [-0.39, 0.29) is 5.41 Å². The minimum atomic E-state index is 0.0528. The lowest BCUT2D eigenvalue weighted by Gasteiger charge is -2.31. The Balaban J connectivity index is 2.31. The van der Waals surface area contributed by atoms with Gasteiger partial charge in [-0.25, -0.2) is 0 Å². The summed E-state index contributed by atoms with van der Waals surface area (Å²) in [5, 5.41) is 0. The van der Waals surface area contributed by atoms with Crippen LogP contribution in [0.3, 0.4) is 0 Å². The maximum Gasteiger partial charge on any atom is 0.0284 e. The smallest absolute Gasteiger partial charge is 0.0284 e. The molecule has 0 spiro atoms. The van der Waals surface area contributed by atoms with Crippen molar-refractivity contribution in [2.24, 2.45) is 0 Å². The summed E-state index contributed by atoms with van der Waals surface area (Å²) in [6, 6.07) is 14.0. The Morgan fingerprint density at radius 2 is 1.12 bits per heavy atom. The Hall–Kier alpha value is -2.08. The average molecular weight is 331 g/mol. The fraction of sp³-hybridized carbons (Fsp3) is 0.360. The standard InChI is InChI=1S/C25H30/c1-17(2)11-13-25(14-12-18(3)4)23-15-19(5)7-9-21(23)22-10-8-20(6)16-24(22)25/h7-12,15-16H,13-14H2,1-6H3. The third-order valence-electron chi connectivity index (χ3n) is 5.39. The molecule has 130 valence electrons. The van der Waals surface area contributed by atoms with Gasteiger partial charge in [-0.05, 0) is 76.6 Å². The minimum absolute atomic E-state index is 0.0528. The van der Waals surface area contributed by atoms with Crippen LogP contribution < -0.4 is 0 Å². The largest absolute Gasteiger partial charge is 0.0847 e. The second-order valence-electron chi connectivity index (χ2n) is 8.15. The zero-order valence-electron chi connectivity index (χ0n) is 16.5. The average Bonchev–Trinajstić information content (AvgIpc) is 2.80. The highest BCUT2D eigenvalue weighted by atomic mass is 14.4. The molecular formula is C25H30. The van der Waals surface area contributed by atoms with Crippen molar-refractivity contribution < 1.29 is 0 Å². The van der Waals surface area contributed by atoms with Gasteiger partial charge in [-0.15, -0.1) is 0 Å². The van der Waals surface area contributed by atoms with Crippen molar-refractivity contribution in [1.82, 2.24) is 0 Å². The van der Waals surface area contributed by atoms with Crippen molar-refractivity contribution in [2.75, 3.05) is 0 Å². The zero-order valence-corrected chi connectivity index (χ0v) is 16.5. The van der Waals surface area contributed by atoms with Gasteiger partial charge >= 0.3 is 0 Å². The quantitative estimate of drug-likeness (QED) is 0.517. The van der Waals surface area contributed by atoms with Gasteiger partial charge in [0, 0.05) is 5.41 Å². The molecule has 25 heavy (non-hydrogen) atoms. The van der Waals surface area contributed by atoms with Crippen molar-refractivity contribution in [3.8, 4) is 11.1 Å². The van der Waals surface area contributed by atoms with Crippen LogP contribution in [-0.2, 0) is 5.41 Å². The van der Waals surface area contributed by atoms with Gasteiger partial charge in [-0.3, -0.25) is 0 Å². The van der Waals surface area contributed by atoms with Crippen LogP contribution in [0.1, 0.15) is 62.8 Å². The number of aryl methyl sites for hydroxylation is 2. The fourth-order valence-corrected chi connectivity index (χ4v) is 4.00. The Kier molecular flexibility index (Phi) is 4.73. The molecule has 0 heteroatoms. The summed E-state index contributed by atoms with van der Waals surface area (Å²) in [5.41, 5.74) is 11.4. The Morgan fingerprint density at radius 3 is 1.48 bits per heavy atom. The SMILES string of the molecule is CC(C)=CCC1(CC=C(C)C)c2cc(C)ccc2-c2ccc(C)cc21. The van der Waals surface area contributed by atoms with E-state index in [1.165, 1.54) is 44.5 Å². The molecule has 0 atom stereocenters. The highest BCUT2D eigenvalue weighted by Gasteiger charge is 2.41. The van der Waals surface area contributed by atoms with E-state index in [1.807, 2.05) is 0 Å². The molecule has 1 aliphatic rings. The Labute approximate surface area is 153 Å². The number of allylic oxidation sites excluding steroid dienone is 4. The second kappa shape index (κ2) is 6.67. The Bertz CT molecular complexity index is 780. The van der Waals surface area contributed by atoms with E-state index < -0.39 is 0 Å². The summed E-state index contributed by atoms with van der Waals surface area (Å²) in [4.78, 5) is 0. The molecule has 0 aliphatic heterocycles. The molecule has 3 rings (SSSR count). The zero-order chi connectivity index (χ0) is 18.2. The van der Waals surface area contributed by atoms with Crippen LogP contribution in [0.15, 0.2) is 59.7 Å². The van der Waals surface area contributed by atoms with Crippen LogP contribution in [0, 0.1) is 13.8 Å². The van der Waals surface area contributed by atoms with Crippen LogP contribution in [0.2, 0.25) is 0 Å². The van der Waals surface area contributed by atoms with Gasteiger partial charge < -0.3 is 0 Å². The molecule has 2 aromatic carbocycles. The Morgan fingerprint density at radius 1 is 0.720 bits per heavy atom. The minimum Gasteiger partial charge on any atom is -0.0847 e. The first-order valence-corrected chi connectivity index (χ1v) is 9.33. The van der Waals surface area contributed by atoms with Crippen molar-refractivity contribution in [2.45, 2.75) is 59.8 Å². The van der Waals surface area contributed by atoms with E-state index in [4.69, 9.17) is 0 Å². The van der Waals surface area contributed by atoms with Gasteiger partial charge in [0.2, 0.25) is 0 Å². The van der Waals surface area contributed by atoms with Gasteiger partial charge in [0.1, 0.15) is 0 Å². The fourth-order valence-electron chi connectivity index (χ4n) is 4.00. The molecule has 0 aromatic heterocycles. The van der Waals surface area contributed by atoms with E-state index in [0.717, 1.165) is 12.8 Å². The molecule has 0 unspecified atom stereocenters. The van der Waals surface area contributed by atoms with Crippen molar-refractivity contribution >= 4 is 0 Å². The van der Waals surface area contributed by atoms with E-state index in [0.29, 0.717) is 0 Å². The predicted octanol–water partition coefficient (Wildman–Crippen LogP) is 7.28. The molecule has 0 nitrogen and oxygen atoms in total. The molecule has 2 aromatic rings. The van der Waals surface area contributed by atoms with Crippen molar-refractivity contribution in [3.05, 3.63) is 82.0 Å². The number of hydrogen-bond donors (Lipinski definition) is 0. The highest BCUT2D eigenvalue weighted by Crippen LogP contribution is 2.53. The van der Waals surface area contributed by atoms with Gasteiger partial charge in [0.15, 0.2) is 0 Å². The van der Waals surface area contributed by atoms with Gasteiger partial charge in [-0.2, -0.15) is 0 Å². The topological polar surface area (TPSA) is 0 Å². The third kappa shape index (κ3) is 3.23. The molecule has 0 N–H and O–H groups in total. The molecule has 0 bridgehead atoms. The first-order chi connectivity index (χ1) is 11.8. The van der Waals surface area contributed by atoms with Crippen LogP contribution in [0.5, 0.6) is 0 Å². The van der Waals surface area contributed by atoms with Crippen LogP contribution in [-0.4, -0.2) is 0 Å². The monoisotopic (exact) mass is 330 g/mol. The van der Waals surface area contributed by atoms with Crippen molar-refractivity contribution in [1.29, 1.82) is 0 Å². The van der Waals surface area contributed by atoms with Crippen LogP contribution >= 0.6 is 0 Å². The molecule has 0 fully saturated rings. The van der Waals surface area contributed by atoms with Gasteiger partial charge in [-0.1, -0.05) is 70.8 Å². The molecule has 0 saturated heterocycles. The lowest BCUT2D eigenvalue weighted by Crippen LogP contribution is -2.24. The maximum atomic E-state index is 2.42. The number of fused-ring (bicyclic) bond motifs is 3.